The van der Waals surface area contributed by atoms with Gasteiger partial charge in [-0.05, 0) is 18.9 Å². The molecule has 1 aliphatic rings. The lowest BCUT2D eigenvalue weighted by Gasteiger charge is -2.32. The van der Waals surface area contributed by atoms with E-state index in [1.165, 1.54) is 0 Å². The van der Waals surface area contributed by atoms with Crippen molar-refractivity contribution in [1.82, 2.24) is 19.9 Å². The Morgan fingerprint density at radius 2 is 2.08 bits per heavy atom. The number of halogens is 1. The second-order valence-corrected chi connectivity index (χ2v) is 6.81. The van der Waals surface area contributed by atoms with Crippen molar-refractivity contribution in [2.75, 3.05) is 18.0 Å². The number of piperidine rings is 1. The predicted molar refractivity (Wildman–Crippen MR) is 99.2 cm³/mol. The Balaban J connectivity index is 1.42. The number of nitrogens with one attached hydrogen (secondary N) is 2. The average molecular weight is 358 g/mol. The Hall–Kier alpha value is -2.47. The quantitative estimate of drug-likeness (QED) is 0.757. The molecule has 2 N–H and O–H groups in total. The first-order valence-electron chi connectivity index (χ1n) is 8.43. The van der Waals surface area contributed by atoms with Gasteiger partial charge >= 0.3 is 0 Å². The minimum atomic E-state index is -0.142. The van der Waals surface area contributed by atoms with Crippen LogP contribution in [0.1, 0.15) is 23.3 Å². The summed E-state index contributed by atoms with van der Waals surface area (Å²) in [5.41, 5.74) is 1.32. The van der Waals surface area contributed by atoms with Crippen LogP contribution >= 0.6 is 11.6 Å². The van der Waals surface area contributed by atoms with E-state index in [2.05, 4.69) is 20.2 Å². The summed E-state index contributed by atoms with van der Waals surface area (Å²) in [4.78, 5) is 22.4. The Morgan fingerprint density at radius 3 is 2.76 bits per heavy atom. The summed E-state index contributed by atoms with van der Waals surface area (Å²) < 4.78 is 2.02. The zero-order valence-electron chi connectivity index (χ0n) is 14.0. The molecule has 1 amide bonds. The molecule has 4 rings (SSSR count). The second-order valence-electron chi connectivity index (χ2n) is 6.43. The molecule has 0 radical (unpaired) electrons. The van der Waals surface area contributed by atoms with E-state index in [-0.39, 0.29) is 11.9 Å². The third-order valence-electron chi connectivity index (χ3n) is 4.78. The monoisotopic (exact) mass is 357 g/mol. The van der Waals surface area contributed by atoms with E-state index in [1.807, 2.05) is 42.1 Å². The minimum Gasteiger partial charge on any atom is -0.349 e. The van der Waals surface area contributed by atoms with Gasteiger partial charge in [-0.1, -0.05) is 29.8 Å². The highest BCUT2D eigenvalue weighted by atomic mass is 35.5. The molecule has 3 heterocycles. The molecule has 2 aromatic heterocycles. The highest BCUT2D eigenvalue weighted by Gasteiger charge is 2.24. The molecule has 25 heavy (non-hydrogen) atoms. The summed E-state index contributed by atoms with van der Waals surface area (Å²) in [6, 6.07) is 7.81. The van der Waals surface area contributed by atoms with E-state index < -0.39 is 0 Å². The molecular weight excluding hydrogens is 338 g/mol. The van der Waals surface area contributed by atoms with Crippen molar-refractivity contribution in [2.45, 2.75) is 18.9 Å². The molecule has 1 saturated heterocycles. The highest BCUT2D eigenvalue weighted by molar-refractivity contribution is 6.38. The number of hydrogen-bond donors (Lipinski definition) is 2. The third-order valence-corrected chi connectivity index (χ3v) is 5.17. The number of imidazole rings is 1. The molecule has 6 nitrogen and oxygen atoms in total. The zero-order valence-corrected chi connectivity index (χ0v) is 14.8. The predicted octanol–water partition coefficient (Wildman–Crippen LogP) is 2.95. The standard InChI is InChI=1S/C18H20ClN5O/c1-23-11-8-20-18(23)24-9-6-12(7-10-24)21-17(25)16-15(19)13-4-2-3-5-14(13)22-16/h2-5,8,11-12,22H,6-7,9-10H2,1H3,(H,21,25). The van der Waals surface area contributed by atoms with E-state index in [9.17, 15) is 4.79 Å². The van der Waals surface area contributed by atoms with Crippen molar-refractivity contribution in [2.24, 2.45) is 7.05 Å². The summed E-state index contributed by atoms with van der Waals surface area (Å²) >= 11 is 6.37. The number of anilines is 1. The number of rotatable bonds is 3. The number of benzene rings is 1. The van der Waals surface area contributed by atoms with Crippen molar-refractivity contribution in [3.05, 3.63) is 47.4 Å². The normalized spacial score (nSPS) is 15.7. The van der Waals surface area contributed by atoms with Crippen LogP contribution in [0.15, 0.2) is 36.7 Å². The van der Waals surface area contributed by atoms with Crippen LogP contribution in [-0.2, 0) is 7.05 Å². The van der Waals surface area contributed by atoms with Gasteiger partial charge in [0.2, 0.25) is 5.95 Å². The smallest absolute Gasteiger partial charge is 0.269 e. The Bertz CT molecular complexity index is 907. The fourth-order valence-electron chi connectivity index (χ4n) is 3.41. The number of H-pyrrole nitrogens is 1. The molecular formula is C18H20ClN5O. The third kappa shape index (κ3) is 2.98. The number of aromatic amines is 1. The van der Waals surface area contributed by atoms with Gasteiger partial charge < -0.3 is 19.8 Å². The van der Waals surface area contributed by atoms with E-state index in [4.69, 9.17) is 11.6 Å². The number of para-hydroxylation sites is 1. The molecule has 1 fully saturated rings. The maximum Gasteiger partial charge on any atom is 0.269 e. The Morgan fingerprint density at radius 1 is 1.32 bits per heavy atom. The zero-order chi connectivity index (χ0) is 17.4. The van der Waals surface area contributed by atoms with Crippen LogP contribution in [-0.4, -0.2) is 39.6 Å². The first kappa shape index (κ1) is 16.0. The van der Waals surface area contributed by atoms with Crippen LogP contribution in [0.25, 0.3) is 10.9 Å². The molecule has 1 aliphatic heterocycles. The van der Waals surface area contributed by atoms with Crippen molar-refractivity contribution in [3.63, 3.8) is 0 Å². The van der Waals surface area contributed by atoms with Gasteiger partial charge in [0, 0.05) is 49.5 Å². The molecule has 0 atom stereocenters. The lowest BCUT2D eigenvalue weighted by molar-refractivity contribution is 0.0927. The first-order valence-corrected chi connectivity index (χ1v) is 8.80. The average Bonchev–Trinajstić information content (AvgIpc) is 3.20. The molecule has 130 valence electrons. The molecule has 0 saturated carbocycles. The summed E-state index contributed by atoms with van der Waals surface area (Å²) in [6.07, 6.45) is 5.52. The molecule has 0 bridgehead atoms. The van der Waals surface area contributed by atoms with Gasteiger partial charge in [0.25, 0.3) is 5.91 Å². The van der Waals surface area contributed by atoms with Crippen LogP contribution in [0, 0.1) is 0 Å². The highest BCUT2D eigenvalue weighted by Crippen LogP contribution is 2.27. The maximum absolute atomic E-state index is 12.6. The Labute approximate surface area is 150 Å². The molecule has 0 aliphatic carbocycles. The number of carbonyl (C=O) groups is 1. The van der Waals surface area contributed by atoms with Gasteiger partial charge in [-0.2, -0.15) is 0 Å². The minimum absolute atomic E-state index is 0.142. The number of amides is 1. The fourth-order valence-corrected chi connectivity index (χ4v) is 3.71. The van der Waals surface area contributed by atoms with Gasteiger partial charge in [-0.3, -0.25) is 4.79 Å². The van der Waals surface area contributed by atoms with Gasteiger partial charge in [0.1, 0.15) is 5.69 Å². The van der Waals surface area contributed by atoms with Crippen LogP contribution < -0.4 is 10.2 Å². The number of aryl methyl sites for hydroxylation is 1. The molecule has 7 heteroatoms. The van der Waals surface area contributed by atoms with E-state index in [0.29, 0.717) is 10.7 Å². The number of fused-ring (bicyclic) bond motifs is 1. The summed E-state index contributed by atoms with van der Waals surface area (Å²) in [7, 11) is 1.99. The van der Waals surface area contributed by atoms with Crippen LogP contribution in [0.3, 0.4) is 0 Å². The number of nitrogens with zero attached hydrogens (tertiary/aromatic N) is 3. The SMILES string of the molecule is Cn1ccnc1N1CCC(NC(=O)c2[nH]c3ccccc3c2Cl)CC1. The van der Waals surface area contributed by atoms with Crippen molar-refractivity contribution in [1.29, 1.82) is 0 Å². The fraction of sp³-hybridized carbons (Fsp3) is 0.333. The summed E-state index contributed by atoms with van der Waals surface area (Å²) in [5, 5.41) is 4.47. The number of aromatic nitrogens is 3. The summed E-state index contributed by atoms with van der Waals surface area (Å²) in [5.74, 6) is 0.833. The van der Waals surface area contributed by atoms with Crippen LogP contribution in [0.2, 0.25) is 5.02 Å². The second kappa shape index (κ2) is 6.44. The van der Waals surface area contributed by atoms with Gasteiger partial charge in [0.05, 0.1) is 5.02 Å². The largest absolute Gasteiger partial charge is 0.349 e. The van der Waals surface area contributed by atoms with Crippen molar-refractivity contribution < 1.29 is 4.79 Å². The van der Waals surface area contributed by atoms with Crippen molar-refractivity contribution in [3.8, 4) is 0 Å². The molecule has 1 aromatic carbocycles. The lowest BCUT2D eigenvalue weighted by atomic mass is 10.1. The number of carbonyl (C=O) groups excluding carboxylic acids is 1. The first-order chi connectivity index (χ1) is 12.1. The molecule has 3 aromatic rings. The lowest BCUT2D eigenvalue weighted by Crippen LogP contribution is -2.45. The van der Waals surface area contributed by atoms with Gasteiger partial charge in [0.15, 0.2) is 0 Å². The van der Waals surface area contributed by atoms with Gasteiger partial charge in [-0.15, -0.1) is 0 Å². The van der Waals surface area contributed by atoms with Crippen LogP contribution in [0.5, 0.6) is 0 Å². The molecule has 0 unspecified atom stereocenters. The number of hydrogen-bond acceptors (Lipinski definition) is 3. The van der Waals surface area contributed by atoms with E-state index >= 15 is 0 Å². The van der Waals surface area contributed by atoms with Crippen molar-refractivity contribution >= 4 is 34.4 Å². The van der Waals surface area contributed by atoms with Gasteiger partial charge in [-0.25, -0.2) is 4.98 Å². The topological polar surface area (TPSA) is 66.0 Å². The Kier molecular flexibility index (Phi) is 4.13. The molecule has 0 spiro atoms. The van der Waals surface area contributed by atoms with E-state index in [1.54, 1.807) is 6.20 Å². The maximum atomic E-state index is 12.6. The van der Waals surface area contributed by atoms with Crippen LogP contribution in [0.4, 0.5) is 5.95 Å². The summed E-state index contributed by atoms with van der Waals surface area (Å²) in [6.45, 7) is 1.74. The van der Waals surface area contributed by atoms with E-state index in [0.717, 1.165) is 42.8 Å².